The standard InChI is InChI=1S/C11H15BrFN/c1-8(2)5-6-14-9-3-4-11(13)10(12)7-9/h3-4,7-8,14H,5-6H2,1-2H3. The summed E-state index contributed by atoms with van der Waals surface area (Å²) in [4.78, 5) is 0. The molecule has 0 saturated carbocycles. The number of hydrogen-bond acceptors (Lipinski definition) is 1. The third-order valence-corrected chi connectivity index (χ3v) is 2.58. The second-order valence-corrected chi connectivity index (χ2v) is 4.59. The SMILES string of the molecule is CC(C)CCNc1ccc(F)c(Br)c1. The average Bonchev–Trinajstić information content (AvgIpc) is 2.10. The quantitative estimate of drug-likeness (QED) is 0.861. The van der Waals surface area contributed by atoms with Gasteiger partial charge in [-0.05, 0) is 46.5 Å². The van der Waals surface area contributed by atoms with Crippen LogP contribution in [0.3, 0.4) is 0 Å². The molecule has 0 amide bonds. The summed E-state index contributed by atoms with van der Waals surface area (Å²) in [6.45, 7) is 5.29. The van der Waals surface area contributed by atoms with Gasteiger partial charge in [0, 0.05) is 12.2 Å². The Bertz CT molecular complexity index is 299. The van der Waals surface area contributed by atoms with Crippen LogP contribution in [0, 0.1) is 11.7 Å². The van der Waals surface area contributed by atoms with E-state index in [0.717, 1.165) is 18.7 Å². The van der Waals surface area contributed by atoms with Crippen molar-refractivity contribution >= 4 is 21.6 Å². The molecule has 0 aliphatic heterocycles. The zero-order valence-electron chi connectivity index (χ0n) is 8.48. The molecule has 0 atom stereocenters. The Kier molecular flexibility index (Phi) is 4.39. The topological polar surface area (TPSA) is 12.0 Å². The molecule has 0 spiro atoms. The van der Waals surface area contributed by atoms with Crippen LogP contribution in [0.4, 0.5) is 10.1 Å². The van der Waals surface area contributed by atoms with E-state index in [1.807, 2.05) is 0 Å². The van der Waals surface area contributed by atoms with Gasteiger partial charge in [0.1, 0.15) is 5.82 Å². The molecule has 0 heterocycles. The lowest BCUT2D eigenvalue weighted by Gasteiger charge is -2.08. The Balaban J connectivity index is 2.47. The Morgan fingerprint density at radius 2 is 2.14 bits per heavy atom. The fourth-order valence-electron chi connectivity index (χ4n) is 1.11. The van der Waals surface area contributed by atoms with Crippen LogP contribution in [0.15, 0.2) is 22.7 Å². The molecule has 78 valence electrons. The first-order chi connectivity index (χ1) is 6.59. The van der Waals surface area contributed by atoms with E-state index in [9.17, 15) is 4.39 Å². The van der Waals surface area contributed by atoms with E-state index in [-0.39, 0.29) is 5.82 Å². The third kappa shape index (κ3) is 3.66. The van der Waals surface area contributed by atoms with Gasteiger partial charge in [-0.25, -0.2) is 4.39 Å². The first kappa shape index (κ1) is 11.5. The molecule has 1 N–H and O–H groups in total. The smallest absolute Gasteiger partial charge is 0.137 e. The Labute approximate surface area is 92.8 Å². The average molecular weight is 260 g/mol. The highest BCUT2D eigenvalue weighted by Crippen LogP contribution is 2.19. The van der Waals surface area contributed by atoms with Gasteiger partial charge in [0.15, 0.2) is 0 Å². The summed E-state index contributed by atoms with van der Waals surface area (Å²) in [5.74, 6) is 0.464. The van der Waals surface area contributed by atoms with Crippen LogP contribution < -0.4 is 5.32 Å². The van der Waals surface area contributed by atoms with Crippen LogP contribution in [0.5, 0.6) is 0 Å². The number of anilines is 1. The lowest BCUT2D eigenvalue weighted by atomic mass is 10.1. The van der Waals surface area contributed by atoms with Crippen LogP contribution in [0.25, 0.3) is 0 Å². The molecule has 14 heavy (non-hydrogen) atoms. The summed E-state index contributed by atoms with van der Waals surface area (Å²) in [6, 6.07) is 4.97. The fourth-order valence-corrected chi connectivity index (χ4v) is 1.49. The van der Waals surface area contributed by atoms with Gasteiger partial charge in [0.2, 0.25) is 0 Å². The Morgan fingerprint density at radius 3 is 2.71 bits per heavy atom. The van der Waals surface area contributed by atoms with E-state index in [0.29, 0.717) is 10.4 Å². The van der Waals surface area contributed by atoms with Crippen molar-refractivity contribution in [3.05, 3.63) is 28.5 Å². The predicted molar refractivity (Wildman–Crippen MR) is 62.0 cm³/mol. The van der Waals surface area contributed by atoms with E-state index in [2.05, 4.69) is 35.1 Å². The zero-order chi connectivity index (χ0) is 10.6. The van der Waals surface area contributed by atoms with E-state index in [4.69, 9.17) is 0 Å². The number of nitrogens with one attached hydrogen (secondary N) is 1. The van der Waals surface area contributed by atoms with Crippen LogP contribution >= 0.6 is 15.9 Å². The van der Waals surface area contributed by atoms with Crippen molar-refractivity contribution in [2.75, 3.05) is 11.9 Å². The monoisotopic (exact) mass is 259 g/mol. The van der Waals surface area contributed by atoms with Gasteiger partial charge in [0.25, 0.3) is 0 Å². The molecule has 1 rings (SSSR count). The molecule has 0 radical (unpaired) electrons. The van der Waals surface area contributed by atoms with Crippen LogP contribution in [-0.2, 0) is 0 Å². The minimum absolute atomic E-state index is 0.223. The summed E-state index contributed by atoms with van der Waals surface area (Å²) in [5.41, 5.74) is 0.957. The van der Waals surface area contributed by atoms with Gasteiger partial charge < -0.3 is 5.32 Å². The van der Waals surface area contributed by atoms with E-state index in [1.54, 1.807) is 12.1 Å². The fraction of sp³-hybridized carbons (Fsp3) is 0.455. The summed E-state index contributed by atoms with van der Waals surface area (Å²) in [6.07, 6.45) is 1.12. The maximum atomic E-state index is 12.9. The molecular formula is C11H15BrFN. The highest BCUT2D eigenvalue weighted by Gasteiger charge is 2.00. The van der Waals surface area contributed by atoms with Crippen molar-refractivity contribution in [3.8, 4) is 0 Å². The molecular weight excluding hydrogens is 245 g/mol. The minimum atomic E-state index is -0.223. The maximum absolute atomic E-state index is 12.9. The number of rotatable bonds is 4. The second-order valence-electron chi connectivity index (χ2n) is 3.74. The van der Waals surface area contributed by atoms with Gasteiger partial charge in [-0.2, -0.15) is 0 Å². The summed E-state index contributed by atoms with van der Waals surface area (Å²) < 4.78 is 13.4. The van der Waals surface area contributed by atoms with Crippen molar-refractivity contribution in [3.63, 3.8) is 0 Å². The zero-order valence-corrected chi connectivity index (χ0v) is 10.1. The van der Waals surface area contributed by atoms with Crippen LogP contribution in [-0.4, -0.2) is 6.54 Å². The number of benzene rings is 1. The van der Waals surface area contributed by atoms with Crippen molar-refractivity contribution in [2.24, 2.45) is 5.92 Å². The summed E-state index contributed by atoms with van der Waals surface area (Å²) in [7, 11) is 0. The summed E-state index contributed by atoms with van der Waals surface area (Å²) in [5, 5.41) is 3.25. The highest BCUT2D eigenvalue weighted by atomic mass is 79.9. The first-order valence-corrected chi connectivity index (χ1v) is 5.58. The van der Waals surface area contributed by atoms with Gasteiger partial charge in [-0.1, -0.05) is 13.8 Å². The van der Waals surface area contributed by atoms with Gasteiger partial charge in [-0.15, -0.1) is 0 Å². The van der Waals surface area contributed by atoms with Gasteiger partial charge >= 0.3 is 0 Å². The molecule has 1 aromatic carbocycles. The molecule has 0 unspecified atom stereocenters. The largest absolute Gasteiger partial charge is 0.385 e. The lowest BCUT2D eigenvalue weighted by Crippen LogP contribution is -2.04. The van der Waals surface area contributed by atoms with E-state index < -0.39 is 0 Å². The van der Waals surface area contributed by atoms with Crippen molar-refractivity contribution < 1.29 is 4.39 Å². The number of hydrogen-bond donors (Lipinski definition) is 1. The predicted octanol–water partition coefficient (Wildman–Crippen LogP) is 4.05. The molecule has 0 bridgehead atoms. The molecule has 0 aromatic heterocycles. The van der Waals surface area contributed by atoms with Crippen molar-refractivity contribution in [1.29, 1.82) is 0 Å². The van der Waals surface area contributed by atoms with E-state index in [1.165, 1.54) is 6.07 Å². The molecule has 1 aromatic rings. The molecule has 0 aliphatic rings. The molecule has 0 fully saturated rings. The minimum Gasteiger partial charge on any atom is -0.385 e. The van der Waals surface area contributed by atoms with Gasteiger partial charge in [-0.3, -0.25) is 0 Å². The second kappa shape index (κ2) is 5.35. The van der Waals surface area contributed by atoms with E-state index >= 15 is 0 Å². The maximum Gasteiger partial charge on any atom is 0.137 e. The van der Waals surface area contributed by atoms with Gasteiger partial charge in [0.05, 0.1) is 4.47 Å². The molecule has 0 saturated heterocycles. The lowest BCUT2D eigenvalue weighted by molar-refractivity contribution is 0.606. The van der Waals surface area contributed by atoms with Crippen molar-refractivity contribution in [2.45, 2.75) is 20.3 Å². The molecule has 3 heteroatoms. The Hall–Kier alpha value is -0.570. The highest BCUT2D eigenvalue weighted by molar-refractivity contribution is 9.10. The van der Waals surface area contributed by atoms with Crippen molar-refractivity contribution in [1.82, 2.24) is 0 Å². The Morgan fingerprint density at radius 1 is 1.43 bits per heavy atom. The van der Waals surface area contributed by atoms with Crippen LogP contribution in [0.1, 0.15) is 20.3 Å². The normalized spacial score (nSPS) is 10.6. The van der Waals surface area contributed by atoms with Crippen LogP contribution in [0.2, 0.25) is 0 Å². The first-order valence-electron chi connectivity index (χ1n) is 4.78. The number of halogens is 2. The third-order valence-electron chi connectivity index (χ3n) is 1.97. The molecule has 1 nitrogen and oxygen atoms in total. The summed E-state index contributed by atoms with van der Waals surface area (Å²) >= 11 is 3.15. The molecule has 0 aliphatic carbocycles.